The van der Waals surface area contributed by atoms with E-state index in [0.717, 1.165) is 111 Å². The van der Waals surface area contributed by atoms with Crippen molar-refractivity contribution in [3.63, 3.8) is 0 Å². The Morgan fingerprint density at radius 1 is 0.137 bits per heavy atom. The highest BCUT2D eigenvalue weighted by Gasteiger charge is 2.38. The molecule has 0 spiro atoms. The van der Waals surface area contributed by atoms with Crippen LogP contribution in [0.1, 0.15) is 61.3 Å². The predicted molar refractivity (Wildman–Crippen MR) is 603 cm³/mol. The zero-order valence-corrected chi connectivity index (χ0v) is 81.5. The molecule has 10 nitrogen and oxygen atoms in total. The van der Waals surface area contributed by atoms with Crippen molar-refractivity contribution in [1.82, 2.24) is 49.8 Å². The summed E-state index contributed by atoms with van der Waals surface area (Å²) in [5, 5.41) is 14.5. The van der Waals surface area contributed by atoms with Gasteiger partial charge in [0.2, 0.25) is 0 Å². The van der Waals surface area contributed by atoms with Crippen molar-refractivity contribution >= 4 is 64.6 Å². The van der Waals surface area contributed by atoms with E-state index in [2.05, 4.69) is 386 Å². The Morgan fingerprint density at radius 3 is 0.815 bits per heavy atom. The standard InChI is InChI=1S/C52H35N3.C42H30N4.C42H31N3/c1-52(2)47-25-12-11-24-43(47)44-27-26-36(31-48(44)52)50-53-49(54-51(55-50)46-30-34-15-4-6-19-38(34)40-21-8-10-23-42(40)46)35-17-13-16-32(28-35)45-29-33-14-3-5-18-37(33)39-20-7-9-22-41(39)45;1-27-21-22-35(28(2)43-27)32-23-33(39-26-31-17-9-10-18-36(31)37-19-11-12-20-38(37)39)25-34(24-32)42-45-40(29-13-5-3-6-14-29)44-41(46-42)30-15-7-4-8-16-30;1-42(2)37-22-10-9-21-35(37)36-24-23-33(27-38(36)42)31-18-11-17-30(25-31)32-19-12-20-34(26-32)41-44-39(28-13-5-3-6-14-28)43-40(45-41)29-15-7-4-8-16-29/h3-31H,1-2H3;3-26H,1-2H3;3-27H,1-2H3. The van der Waals surface area contributed by atoms with Crippen molar-refractivity contribution < 1.29 is 0 Å². The highest BCUT2D eigenvalue weighted by atomic mass is 15.1. The third-order valence-electron chi connectivity index (χ3n) is 29.1. The maximum Gasteiger partial charge on any atom is 0.164 e. The Kier molecular flexibility index (Phi) is 22.6. The monoisotopic (exact) mass is 1870 g/mol. The third-order valence-corrected chi connectivity index (χ3v) is 29.1. The summed E-state index contributed by atoms with van der Waals surface area (Å²) in [5.41, 5.74) is 32.5. The Labute approximate surface area is 848 Å². The minimum atomic E-state index is -0.147. The topological polar surface area (TPSA) is 129 Å². The predicted octanol–water partition coefficient (Wildman–Crippen LogP) is 34.5. The summed E-state index contributed by atoms with van der Waals surface area (Å²) >= 11 is 0. The molecule has 0 amide bonds. The Morgan fingerprint density at radius 2 is 0.390 bits per heavy atom. The molecule has 0 fully saturated rings. The van der Waals surface area contributed by atoms with E-state index in [1.165, 1.54) is 115 Å². The van der Waals surface area contributed by atoms with Crippen LogP contribution in [0.25, 0.3) is 245 Å². The average molecular weight is 1870 g/mol. The lowest BCUT2D eigenvalue weighted by atomic mass is 9.81. The molecule has 2 aliphatic rings. The van der Waals surface area contributed by atoms with Crippen molar-refractivity contribution in [1.29, 1.82) is 0 Å². The maximum absolute atomic E-state index is 5.31. The first-order chi connectivity index (χ1) is 71.7. The summed E-state index contributed by atoms with van der Waals surface area (Å²) in [6.07, 6.45) is 0. The van der Waals surface area contributed by atoms with Crippen molar-refractivity contribution in [2.45, 2.75) is 52.4 Å². The quantitative estimate of drug-likeness (QED) is 0.0971. The molecule has 0 saturated carbocycles. The van der Waals surface area contributed by atoms with Gasteiger partial charge >= 0.3 is 0 Å². The summed E-state index contributed by atoms with van der Waals surface area (Å²) in [6.45, 7) is 13.4. The summed E-state index contributed by atoms with van der Waals surface area (Å²) in [4.78, 5) is 50.5. The number of hydrogen-bond acceptors (Lipinski definition) is 10. The van der Waals surface area contributed by atoms with Gasteiger partial charge in [-0.25, -0.2) is 44.9 Å². The normalized spacial score (nSPS) is 12.4. The van der Waals surface area contributed by atoms with E-state index in [1.54, 1.807) is 0 Å². The minimum absolute atomic E-state index is 0.0321. The molecule has 4 heterocycles. The molecule has 25 aromatic rings. The van der Waals surface area contributed by atoms with E-state index in [4.69, 9.17) is 49.8 Å². The van der Waals surface area contributed by atoms with Gasteiger partial charge in [0.1, 0.15) is 0 Å². The molecule has 10 heteroatoms. The average Bonchev–Trinajstić information content (AvgIpc) is 1.68. The van der Waals surface area contributed by atoms with Crippen LogP contribution in [-0.2, 0) is 10.8 Å². The molecule has 0 saturated heterocycles. The number of aryl methyl sites for hydroxylation is 2. The highest BCUT2D eigenvalue weighted by molar-refractivity contribution is 6.17. The second kappa shape index (κ2) is 37.1. The molecule has 0 atom stereocenters. The summed E-state index contributed by atoms with van der Waals surface area (Å²) < 4.78 is 0. The van der Waals surface area contributed by atoms with E-state index in [1.807, 2.05) is 128 Å². The minimum Gasteiger partial charge on any atom is -0.258 e. The molecule has 4 aromatic heterocycles. The first kappa shape index (κ1) is 88.8. The zero-order chi connectivity index (χ0) is 98.1. The van der Waals surface area contributed by atoms with Crippen molar-refractivity contribution in [2.24, 2.45) is 0 Å². The fraction of sp³-hybridized carbons (Fsp3) is 0.0588. The van der Waals surface area contributed by atoms with Gasteiger partial charge in [-0.3, -0.25) is 4.98 Å². The van der Waals surface area contributed by atoms with Gasteiger partial charge < -0.3 is 0 Å². The molecule has 27 rings (SSSR count). The van der Waals surface area contributed by atoms with E-state index >= 15 is 0 Å². The van der Waals surface area contributed by atoms with Crippen LogP contribution in [0.5, 0.6) is 0 Å². The van der Waals surface area contributed by atoms with Crippen LogP contribution in [0.15, 0.2) is 473 Å². The molecule has 0 bridgehead atoms. The first-order valence-electron chi connectivity index (χ1n) is 49.8. The summed E-state index contributed by atoms with van der Waals surface area (Å²) in [5.74, 6) is 5.84. The van der Waals surface area contributed by atoms with Gasteiger partial charge in [-0.05, 0) is 246 Å². The third kappa shape index (κ3) is 16.5. The summed E-state index contributed by atoms with van der Waals surface area (Å²) in [6, 6.07) is 167. The molecule has 0 unspecified atom stereocenters. The van der Waals surface area contributed by atoms with Gasteiger partial charge in [0.15, 0.2) is 52.4 Å². The van der Waals surface area contributed by atoms with Crippen LogP contribution in [0.3, 0.4) is 0 Å². The van der Waals surface area contributed by atoms with Crippen LogP contribution >= 0.6 is 0 Å². The van der Waals surface area contributed by atoms with E-state index in [0.29, 0.717) is 52.4 Å². The molecule has 0 radical (unpaired) electrons. The van der Waals surface area contributed by atoms with Gasteiger partial charge in [0.05, 0.1) is 0 Å². The SMILES string of the molecule is CC1(C)c2ccccc2-c2ccc(-c3cccc(-c4cccc(-c5nc(-c6ccccc6)nc(-c6ccccc6)n5)c4)c3)cc21.CC1(C)c2ccccc2-c2ccc(-c3nc(-c4cccc(-c5cc6ccccc6c6ccccc56)c4)nc(-c4cc5ccccc5c5ccccc45)n3)cc21.Cc1ccc(-c2cc(-c3nc(-c4ccccc4)nc(-c4ccccc4)n3)cc(-c3cc4ccccc4c4ccccc34)c2)c(C)n1. The fourth-order valence-electron chi connectivity index (χ4n) is 21.8. The molecule has 146 heavy (non-hydrogen) atoms. The Hall–Kier alpha value is -18.6. The van der Waals surface area contributed by atoms with Crippen LogP contribution in [-0.4, -0.2) is 49.8 Å². The molecular formula is C136H96N10. The van der Waals surface area contributed by atoms with Gasteiger partial charge in [-0.1, -0.05) is 428 Å². The number of benzene rings is 21. The smallest absolute Gasteiger partial charge is 0.164 e. The zero-order valence-electron chi connectivity index (χ0n) is 81.5. The number of nitrogens with zero attached hydrogens (tertiary/aromatic N) is 10. The molecule has 0 aliphatic heterocycles. The lowest BCUT2D eigenvalue weighted by Gasteiger charge is -2.22. The van der Waals surface area contributed by atoms with Crippen LogP contribution in [0.4, 0.5) is 0 Å². The number of pyridine rings is 1. The molecular weight excluding hydrogens is 1770 g/mol. The lowest BCUT2D eigenvalue weighted by molar-refractivity contribution is 0.660. The van der Waals surface area contributed by atoms with Gasteiger partial charge in [0.25, 0.3) is 0 Å². The summed E-state index contributed by atoms with van der Waals surface area (Å²) in [7, 11) is 0. The van der Waals surface area contributed by atoms with E-state index in [9.17, 15) is 0 Å². The second-order valence-corrected chi connectivity index (χ2v) is 38.9. The van der Waals surface area contributed by atoms with Crippen molar-refractivity contribution in [3.8, 4) is 180 Å². The fourth-order valence-corrected chi connectivity index (χ4v) is 21.8. The molecule has 2 aliphatic carbocycles. The van der Waals surface area contributed by atoms with Gasteiger partial charge in [-0.15, -0.1) is 0 Å². The first-order valence-corrected chi connectivity index (χ1v) is 49.8. The molecule has 0 N–H and O–H groups in total. The van der Waals surface area contributed by atoms with Crippen LogP contribution in [0, 0.1) is 13.8 Å². The number of fused-ring (bicyclic) bond motifs is 15. The number of hydrogen-bond donors (Lipinski definition) is 0. The van der Waals surface area contributed by atoms with Gasteiger partial charge in [-0.2, -0.15) is 0 Å². The molecule has 690 valence electrons. The van der Waals surface area contributed by atoms with E-state index < -0.39 is 0 Å². The molecule has 21 aromatic carbocycles. The Bertz CT molecular complexity index is 9350. The Balaban J connectivity index is 0.000000115. The second-order valence-electron chi connectivity index (χ2n) is 38.9. The van der Waals surface area contributed by atoms with Crippen molar-refractivity contribution in [3.05, 3.63) is 507 Å². The number of rotatable bonds is 14. The largest absolute Gasteiger partial charge is 0.258 e. The van der Waals surface area contributed by atoms with E-state index in [-0.39, 0.29) is 10.8 Å². The number of aromatic nitrogens is 10. The van der Waals surface area contributed by atoms with Crippen LogP contribution < -0.4 is 0 Å². The lowest BCUT2D eigenvalue weighted by Crippen LogP contribution is -2.15. The maximum atomic E-state index is 5.31. The van der Waals surface area contributed by atoms with Crippen LogP contribution in [0.2, 0.25) is 0 Å². The highest BCUT2D eigenvalue weighted by Crippen LogP contribution is 2.53. The van der Waals surface area contributed by atoms with Gasteiger partial charge in [0, 0.05) is 77.9 Å². The van der Waals surface area contributed by atoms with Crippen molar-refractivity contribution in [2.75, 3.05) is 0 Å².